The van der Waals surface area contributed by atoms with Crippen LogP contribution < -0.4 is 10.2 Å². The van der Waals surface area contributed by atoms with Gasteiger partial charge in [-0.15, -0.1) is 0 Å². The number of amides is 2. The summed E-state index contributed by atoms with van der Waals surface area (Å²) in [7, 11) is 1.39. The summed E-state index contributed by atoms with van der Waals surface area (Å²) in [5, 5.41) is 3.28. The van der Waals surface area contributed by atoms with Gasteiger partial charge in [-0.1, -0.05) is 66.2 Å². The third kappa shape index (κ3) is 3.99. The van der Waals surface area contributed by atoms with Crippen LogP contribution in [0.1, 0.15) is 37.5 Å². The second kappa shape index (κ2) is 11.8. The highest BCUT2D eigenvalue weighted by Crippen LogP contribution is 2.69. The maximum atomic E-state index is 15.6. The number of rotatable bonds is 8. The Bertz CT molecular complexity index is 1790. The number of nitrogens with one attached hydrogen (secondary N) is 1. The molecule has 3 aliphatic heterocycles. The monoisotopic (exact) mass is 659 g/mol. The quantitative estimate of drug-likeness (QED) is 0.217. The number of carbonyl (C=O) groups is 5. The van der Waals surface area contributed by atoms with Crippen molar-refractivity contribution in [1.29, 1.82) is 0 Å². The van der Waals surface area contributed by atoms with E-state index < -0.39 is 52.1 Å². The number of fused-ring (bicyclic) bond motifs is 5. The fourth-order valence-electron chi connectivity index (χ4n) is 7.91. The van der Waals surface area contributed by atoms with Crippen molar-refractivity contribution < 1.29 is 38.2 Å². The third-order valence-electron chi connectivity index (χ3n) is 9.53. The molecule has 1 saturated heterocycles. The number of hydrogen-bond donors (Lipinski definition) is 1. The number of likely N-dealkylation sites (N-methyl/N-ethyl adjacent to an activating group) is 1. The van der Waals surface area contributed by atoms with Crippen LogP contribution in [0.15, 0.2) is 72.8 Å². The lowest BCUT2D eigenvalue weighted by molar-refractivity contribution is -0.183. The van der Waals surface area contributed by atoms with Gasteiger partial charge in [-0.05, 0) is 57.1 Å². The fraction of sp³-hybridized carbons (Fsp3) is 0.343. The minimum atomic E-state index is -2.64. The van der Waals surface area contributed by atoms with Crippen molar-refractivity contribution in [3.05, 3.63) is 94.5 Å². The molecular formula is C35H34ClN3O8. The van der Waals surface area contributed by atoms with Gasteiger partial charge >= 0.3 is 17.9 Å². The summed E-state index contributed by atoms with van der Waals surface area (Å²) in [6.07, 6.45) is 0. The number of nitrogens with zero attached hydrogens (tertiary/aromatic N) is 2. The molecule has 3 atom stereocenters. The predicted molar refractivity (Wildman–Crippen MR) is 171 cm³/mol. The van der Waals surface area contributed by atoms with Crippen LogP contribution in [0.5, 0.6) is 0 Å². The van der Waals surface area contributed by atoms with Gasteiger partial charge in [0.2, 0.25) is 11.4 Å². The largest absolute Gasteiger partial charge is 0.466 e. The minimum absolute atomic E-state index is 0.0135. The summed E-state index contributed by atoms with van der Waals surface area (Å²) < 4.78 is 16.7. The average Bonchev–Trinajstić information content (AvgIpc) is 3.58. The van der Waals surface area contributed by atoms with E-state index in [1.54, 1.807) is 93.6 Å². The Morgan fingerprint density at radius 3 is 2.02 bits per heavy atom. The second-order valence-corrected chi connectivity index (χ2v) is 11.9. The molecule has 3 aliphatic rings. The number of esters is 3. The maximum absolute atomic E-state index is 15.6. The molecule has 3 unspecified atom stereocenters. The lowest BCUT2D eigenvalue weighted by atomic mass is 9.57. The molecule has 1 fully saturated rings. The molecule has 0 saturated carbocycles. The van der Waals surface area contributed by atoms with Crippen molar-refractivity contribution >= 4 is 52.7 Å². The molecule has 47 heavy (non-hydrogen) atoms. The van der Waals surface area contributed by atoms with E-state index in [1.807, 2.05) is 0 Å². The highest BCUT2D eigenvalue weighted by Gasteiger charge is 2.89. The van der Waals surface area contributed by atoms with Crippen LogP contribution in [-0.2, 0) is 55.7 Å². The molecule has 0 aromatic heterocycles. The van der Waals surface area contributed by atoms with Crippen molar-refractivity contribution in [2.75, 3.05) is 37.1 Å². The highest BCUT2D eigenvalue weighted by atomic mass is 35.5. The van der Waals surface area contributed by atoms with Crippen LogP contribution in [0.2, 0.25) is 5.02 Å². The van der Waals surface area contributed by atoms with E-state index >= 15 is 4.79 Å². The molecule has 2 spiro atoms. The standard InChI is InChI=1S/C35H34ClN3O8/c1-5-45-28(40)27-33(22-15-9-12-18-25(22)37-29(33)41)35(38(4)34(27,31(43)46-6-2)32(44)47-7-3)23-16-10-13-19-26(23)39(30(35)42)20-21-14-8-11-17-24(21)36/h8-19,27H,5-7,20H2,1-4H3,(H,37,41). The third-order valence-corrected chi connectivity index (χ3v) is 9.90. The van der Waals surface area contributed by atoms with E-state index in [9.17, 15) is 19.2 Å². The molecule has 244 valence electrons. The average molecular weight is 660 g/mol. The Labute approximate surface area is 276 Å². The van der Waals surface area contributed by atoms with Gasteiger partial charge in [0.05, 0.1) is 26.4 Å². The fourth-order valence-corrected chi connectivity index (χ4v) is 8.11. The number of ether oxygens (including phenoxy) is 3. The summed E-state index contributed by atoms with van der Waals surface area (Å²) in [6, 6.07) is 20.5. The molecule has 0 bridgehead atoms. The van der Waals surface area contributed by atoms with E-state index in [0.717, 1.165) is 0 Å². The van der Waals surface area contributed by atoms with E-state index in [-0.39, 0.29) is 31.9 Å². The first kappa shape index (κ1) is 32.2. The van der Waals surface area contributed by atoms with Crippen LogP contribution in [-0.4, -0.2) is 67.0 Å². The van der Waals surface area contributed by atoms with Gasteiger partial charge in [-0.2, -0.15) is 0 Å². The molecule has 3 aromatic carbocycles. The van der Waals surface area contributed by atoms with Crippen LogP contribution in [0.4, 0.5) is 11.4 Å². The van der Waals surface area contributed by atoms with Crippen molar-refractivity contribution in [1.82, 2.24) is 4.90 Å². The van der Waals surface area contributed by atoms with Crippen LogP contribution in [0.25, 0.3) is 0 Å². The zero-order valence-electron chi connectivity index (χ0n) is 26.4. The van der Waals surface area contributed by atoms with Crippen LogP contribution >= 0.6 is 11.6 Å². The summed E-state index contributed by atoms with van der Waals surface area (Å²) in [6.45, 7) is 4.17. The van der Waals surface area contributed by atoms with Crippen LogP contribution in [0, 0.1) is 5.92 Å². The van der Waals surface area contributed by atoms with Crippen LogP contribution in [0.3, 0.4) is 0 Å². The van der Waals surface area contributed by atoms with E-state index in [4.69, 9.17) is 25.8 Å². The molecular weight excluding hydrogens is 626 g/mol. The molecule has 0 aliphatic carbocycles. The SMILES string of the molecule is CCOC(=O)C1C(C(=O)OCC)(C(=O)OCC)N(C)C2(C(=O)N(Cc3ccccc3Cl)c3ccccc32)C12C(=O)Nc1ccccc12. The highest BCUT2D eigenvalue weighted by molar-refractivity contribution is 6.31. The first-order chi connectivity index (χ1) is 22.6. The summed E-state index contributed by atoms with van der Waals surface area (Å²) in [5.74, 6) is -6.69. The van der Waals surface area contributed by atoms with E-state index in [2.05, 4.69) is 5.32 Å². The summed E-state index contributed by atoms with van der Waals surface area (Å²) in [4.78, 5) is 76.8. The first-order valence-electron chi connectivity index (χ1n) is 15.4. The molecule has 3 aromatic rings. The van der Waals surface area contributed by atoms with Crippen molar-refractivity contribution in [2.24, 2.45) is 5.92 Å². The lowest BCUT2D eigenvalue weighted by Gasteiger charge is -2.43. The van der Waals surface area contributed by atoms with Gasteiger partial charge in [0.1, 0.15) is 16.9 Å². The normalized spacial score (nSPS) is 23.9. The van der Waals surface area contributed by atoms with Crippen molar-refractivity contribution in [2.45, 2.75) is 43.8 Å². The second-order valence-electron chi connectivity index (χ2n) is 11.5. The Kier molecular flexibility index (Phi) is 8.09. The van der Waals surface area contributed by atoms with Crippen molar-refractivity contribution in [3.63, 3.8) is 0 Å². The molecule has 11 nitrogen and oxygen atoms in total. The Morgan fingerprint density at radius 1 is 0.809 bits per heavy atom. The van der Waals surface area contributed by atoms with Gasteiger partial charge in [-0.25, -0.2) is 9.59 Å². The number of anilines is 2. The predicted octanol–water partition coefficient (Wildman–Crippen LogP) is 3.96. The molecule has 1 N–H and O–H groups in total. The van der Waals surface area contributed by atoms with Gasteiger partial charge in [0.15, 0.2) is 0 Å². The molecule has 2 amide bonds. The smallest absolute Gasteiger partial charge is 0.339 e. The number of likely N-dealkylation sites (tertiary alicyclic amines) is 1. The van der Waals surface area contributed by atoms with Gasteiger partial charge in [-0.3, -0.25) is 19.3 Å². The van der Waals surface area contributed by atoms with Gasteiger partial charge in [0, 0.05) is 22.0 Å². The minimum Gasteiger partial charge on any atom is -0.466 e. The molecule has 12 heteroatoms. The summed E-state index contributed by atoms with van der Waals surface area (Å²) >= 11 is 6.57. The summed E-state index contributed by atoms with van der Waals surface area (Å²) in [5.41, 5.74) is -5.15. The lowest BCUT2D eigenvalue weighted by Crippen LogP contribution is -2.65. The Hall–Kier alpha value is -4.74. The number of carbonyl (C=O) groups excluding carboxylic acids is 5. The molecule has 6 rings (SSSR count). The van der Waals surface area contributed by atoms with Gasteiger partial charge < -0.3 is 24.4 Å². The number of para-hydroxylation sites is 2. The number of hydrogen-bond acceptors (Lipinski definition) is 9. The zero-order valence-corrected chi connectivity index (χ0v) is 27.1. The molecule has 0 radical (unpaired) electrons. The molecule has 3 heterocycles. The van der Waals surface area contributed by atoms with E-state index in [1.165, 1.54) is 16.8 Å². The Balaban J connectivity index is 1.79. The maximum Gasteiger partial charge on any atom is 0.339 e. The van der Waals surface area contributed by atoms with Crippen molar-refractivity contribution in [3.8, 4) is 0 Å². The number of halogens is 1. The number of benzene rings is 3. The zero-order chi connectivity index (χ0) is 33.7. The van der Waals surface area contributed by atoms with Gasteiger partial charge in [0.25, 0.3) is 5.91 Å². The first-order valence-corrected chi connectivity index (χ1v) is 15.8. The topological polar surface area (TPSA) is 132 Å². The van der Waals surface area contributed by atoms with E-state index in [0.29, 0.717) is 27.5 Å². The Morgan fingerprint density at radius 2 is 1.38 bits per heavy atom.